The lowest BCUT2D eigenvalue weighted by Crippen LogP contribution is -2.33. The minimum atomic E-state index is -2.87. The summed E-state index contributed by atoms with van der Waals surface area (Å²) < 4.78 is 34.1. The minimum absolute atomic E-state index is 0.0564. The molecule has 6 nitrogen and oxygen atoms in total. The monoisotopic (exact) mass is 383 g/mol. The molecule has 3 rings (SSSR count). The predicted molar refractivity (Wildman–Crippen MR) is 92.1 cm³/mol. The van der Waals surface area contributed by atoms with Crippen LogP contribution in [0.15, 0.2) is 33.9 Å². The van der Waals surface area contributed by atoms with Crippen molar-refractivity contribution in [2.45, 2.75) is 37.5 Å². The standard InChI is InChI=1S/C17H19F2N3O3S/c18-16(19)24-13-7-5-12(6-8-13)15-20-21-17(25-15)26-11-14(23)22-9-3-1-2-4-10-22/h5-8,16H,1-4,9-11H2. The van der Waals surface area contributed by atoms with Crippen LogP contribution in [0.5, 0.6) is 5.75 Å². The van der Waals surface area contributed by atoms with Gasteiger partial charge in [0.2, 0.25) is 11.8 Å². The van der Waals surface area contributed by atoms with Crippen molar-refractivity contribution in [2.75, 3.05) is 18.8 Å². The van der Waals surface area contributed by atoms with Crippen molar-refractivity contribution < 1.29 is 22.7 Å². The van der Waals surface area contributed by atoms with E-state index in [1.807, 2.05) is 4.90 Å². The number of thioether (sulfide) groups is 1. The van der Waals surface area contributed by atoms with Gasteiger partial charge >= 0.3 is 6.61 Å². The van der Waals surface area contributed by atoms with Crippen molar-refractivity contribution in [3.63, 3.8) is 0 Å². The first kappa shape index (κ1) is 18.6. The van der Waals surface area contributed by atoms with Gasteiger partial charge < -0.3 is 14.1 Å². The first-order chi connectivity index (χ1) is 12.6. The molecule has 0 N–H and O–H groups in total. The number of ether oxygens (including phenoxy) is 1. The second-order valence-corrected chi connectivity index (χ2v) is 6.79. The Morgan fingerprint density at radius 3 is 2.50 bits per heavy atom. The van der Waals surface area contributed by atoms with E-state index in [0.717, 1.165) is 25.9 Å². The maximum atomic E-state index is 12.3. The Labute approximate surface area is 153 Å². The molecule has 1 aromatic carbocycles. The SMILES string of the molecule is O=C(CSc1nnc(-c2ccc(OC(F)F)cc2)o1)N1CCCCCC1. The largest absolute Gasteiger partial charge is 0.435 e. The van der Waals surface area contributed by atoms with Gasteiger partial charge in [-0.05, 0) is 37.1 Å². The van der Waals surface area contributed by atoms with Crippen LogP contribution in [0.3, 0.4) is 0 Å². The van der Waals surface area contributed by atoms with Gasteiger partial charge in [0.1, 0.15) is 5.75 Å². The number of nitrogens with zero attached hydrogens (tertiary/aromatic N) is 3. The van der Waals surface area contributed by atoms with E-state index in [2.05, 4.69) is 14.9 Å². The highest BCUT2D eigenvalue weighted by atomic mass is 32.2. The third-order valence-electron chi connectivity index (χ3n) is 4.01. The summed E-state index contributed by atoms with van der Waals surface area (Å²) in [5, 5.41) is 8.16. The summed E-state index contributed by atoms with van der Waals surface area (Å²) in [6.07, 6.45) is 4.44. The van der Waals surface area contributed by atoms with E-state index >= 15 is 0 Å². The first-order valence-electron chi connectivity index (χ1n) is 8.41. The molecule has 9 heteroatoms. The maximum absolute atomic E-state index is 12.3. The number of rotatable bonds is 6. The number of hydrogen-bond acceptors (Lipinski definition) is 6. The molecule has 1 saturated heterocycles. The van der Waals surface area contributed by atoms with Gasteiger partial charge in [-0.2, -0.15) is 8.78 Å². The summed E-state index contributed by atoms with van der Waals surface area (Å²) in [6, 6.07) is 5.92. The zero-order valence-corrected chi connectivity index (χ0v) is 14.9. The molecule has 1 aliphatic heterocycles. The van der Waals surface area contributed by atoms with E-state index in [9.17, 15) is 13.6 Å². The Bertz CT molecular complexity index is 716. The van der Waals surface area contributed by atoms with Crippen LogP contribution in [-0.4, -0.2) is 46.5 Å². The number of alkyl halides is 2. The average molecular weight is 383 g/mol. The highest BCUT2D eigenvalue weighted by Crippen LogP contribution is 2.25. The number of likely N-dealkylation sites (tertiary alicyclic amines) is 1. The maximum Gasteiger partial charge on any atom is 0.387 e. The lowest BCUT2D eigenvalue weighted by Gasteiger charge is -2.19. The second kappa shape index (κ2) is 8.98. The Hall–Kier alpha value is -2.16. The first-order valence-corrected chi connectivity index (χ1v) is 9.40. The van der Waals surface area contributed by atoms with Crippen molar-refractivity contribution in [2.24, 2.45) is 0 Å². The molecule has 0 atom stereocenters. The fourth-order valence-electron chi connectivity index (χ4n) is 2.70. The summed E-state index contributed by atoms with van der Waals surface area (Å²) in [7, 11) is 0. The van der Waals surface area contributed by atoms with Gasteiger partial charge in [-0.1, -0.05) is 24.6 Å². The third kappa shape index (κ3) is 5.17. The molecular weight excluding hydrogens is 364 g/mol. The van der Waals surface area contributed by atoms with Crippen molar-refractivity contribution in [1.82, 2.24) is 15.1 Å². The van der Waals surface area contributed by atoms with E-state index in [-0.39, 0.29) is 23.3 Å². The van der Waals surface area contributed by atoms with Gasteiger partial charge in [0.15, 0.2) is 0 Å². The lowest BCUT2D eigenvalue weighted by molar-refractivity contribution is -0.128. The molecule has 0 spiro atoms. The molecule has 0 radical (unpaired) electrons. The molecular formula is C17H19F2N3O3S. The number of carbonyl (C=O) groups is 1. The molecule has 0 bridgehead atoms. The predicted octanol–water partition coefficient (Wildman–Crippen LogP) is 3.83. The van der Waals surface area contributed by atoms with Gasteiger partial charge in [0, 0.05) is 18.7 Å². The number of halogens is 2. The van der Waals surface area contributed by atoms with Crippen LogP contribution in [0.4, 0.5) is 8.78 Å². The van der Waals surface area contributed by atoms with Gasteiger partial charge in [0.05, 0.1) is 5.75 Å². The molecule has 1 amide bonds. The number of hydrogen-bond donors (Lipinski definition) is 0. The van der Waals surface area contributed by atoms with E-state index in [1.54, 1.807) is 12.1 Å². The summed E-state index contributed by atoms with van der Waals surface area (Å²) in [5.41, 5.74) is 0.588. The number of benzene rings is 1. The number of aromatic nitrogens is 2. The summed E-state index contributed by atoms with van der Waals surface area (Å²) in [5.74, 6) is 0.646. The Morgan fingerprint density at radius 1 is 1.15 bits per heavy atom. The van der Waals surface area contributed by atoms with Crippen molar-refractivity contribution in [3.8, 4) is 17.2 Å². The fraction of sp³-hybridized carbons (Fsp3) is 0.471. The van der Waals surface area contributed by atoms with Gasteiger partial charge in [-0.15, -0.1) is 10.2 Å². The van der Waals surface area contributed by atoms with Crippen LogP contribution in [0.25, 0.3) is 11.5 Å². The molecule has 1 aromatic heterocycles. The molecule has 1 fully saturated rings. The number of amides is 1. The molecule has 0 unspecified atom stereocenters. The van der Waals surface area contributed by atoms with Crippen molar-refractivity contribution in [3.05, 3.63) is 24.3 Å². The van der Waals surface area contributed by atoms with Crippen LogP contribution in [0, 0.1) is 0 Å². The van der Waals surface area contributed by atoms with Crippen LogP contribution in [0.1, 0.15) is 25.7 Å². The number of carbonyl (C=O) groups excluding carboxylic acids is 1. The minimum Gasteiger partial charge on any atom is -0.435 e. The quantitative estimate of drug-likeness (QED) is 0.706. The van der Waals surface area contributed by atoms with Gasteiger partial charge in [-0.25, -0.2) is 0 Å². The van der Waals surface area contributed by atoms with Crippen LogP contribution in [0.2, 0.25) is 0 Å². The Balaban J connectivity index is 1.55. The molecule has 2 aromatic rings. The lowest BCUT2D eigenvalue weighted by atomic mass is 10.2. The third-order valence-corrected chi connectivity index (χ3v) is 4.81. The van der Waals surface area contributed by atoms with Crippen LogP contribution in [-0.2, 0) is 4.79 Å². The summed E-state index contributed by atoms with van der Waals surface area (Å²) in [6.45, 7) is -1.25. The Kier molecular flexibility index (Phi) is 6.43. The van der Waals surface area contributed by atoms with E-state index < -0.39 is 6.61 Å². The van der Waals surface area contributed by atoms with Gasteiger partial charge in [0.25, 0.3) is 5.22 Å². The zero-order valence-electron chi connectivity index (χ0n) is 14.1. The average Bonchev–Trinajstić information content (AvgIpc) is 2.93. The van der Waals surface area contributed by atoms with Crippen molar-refractivity contribution in [1.29, 1.82) is 0 Å². The fourth-order valence-corrected chi connectivity index (χ4v) is 3.36. The topological polar surface area (TPSA) is 68.5 Å². The second-order valence-electron chi connectivity index (χ2n) is 5.86. The van der Waals surface area contributed by atoms with Crippen LogP contribution >= 0.6 is 11.8 Å². The van der Waals surface area contributed by atoms with E-state index in [1.165, 1.54) is 36.7 Å². The highest BCUT2D eigenvalue weighted by Gasteiger charge is 2.17. The highest BCUT2D eigenvalue weighted by molar-refractivity contribution is 7.99. The molecule has 0 aliphatic carbocycles. The molecule has 26 heavy (non-hydrogen) atoms. The summed E-state index contributed by atoms with van der Waals surface area (Å²) >= 11 is 1.20. The smallest absolute Gasteiger partial charge is 0.387 e. The van der Waals surface area contributed by atoms with E-state index in [0.29, 0.717) is 10.8 Å². The van der Waals surface area contributed by atoms with Gasteiger partial charge in [-0.3, -0.25) is 4.79 Å². The van der Waals surface area contributed by atoms with E-state index in [4.69, 9.17) is 4.42 Å². The Morgan fingerprint density at radius 2 is 1.85 bits per heavy atom. The van der Waals surface area contributed by atoms with Crippen LogP contribution < -0.4 is 4.74 Å². The molecule has 140 valence electrons. The molecule has 1 aliphatic rings. The zero-order chi connectivity index (χ0) is 18.4. The molecule has 2 heterocycles. The summed E-state index contributed by atoms with van der Waals surface area (Å²) in [4.78, 5) is 14.2. The van der Waals surface area contributed by atoms with Crippen molar-refractivity contribution >= 4 is 17.7 Å². The normalized spacial score (nSPS) is 15.1. The molecule has 0 saturated carbocycles.